The molecule has 2 rings (SSSR count). The molecule has 2 aromatic rings. The zero-order valence-electron chi connectivity index (χ0n) is 10.7. The summed E-state index contributed by atoms with van der Waals surface area (Å²) in [6.07, 6.45) is 1.20. The van der Waals surface area contributed by atoms with Crippen molar-refractivity contribution in [1.82, 2.24) is 4.57 Å². The maximum absolute atomic E-state index is 2.48. The normalized spacial score (nSPS) is 13.6. The van der Waals surface area contributed by atoms with Crippen LogP contribution in [0.5, 0.6) is 0 Å². The van der Waals surface area contributed by atoms with Gasteiger partial charge in [-0.3, -0.25) is 0 Å². The Morgan fingerprint density at radius 1 is 1.12 bits per heavy atom. The van der Waals surface area contributed by atoms with Crippen molar-refractivity contribution in [3.63, 3.8) is 0 Å². The fourth-order valence-corrected chi connectivity index (χ4v) is 2.36. The van der Waals surface area contributed by atoms with Gasteiger partial charge >= 0.3 is 0 Å². The van der Waals surface area contributed by atoms with Gasteiger partial charge in [-0.25, -0.2) is 0 Å². The summed E-state index contributed by atoms with van der Waals surface area (Å²) >= 11 is 0. The second kappa shape index (κ2) is 4.32. The van der Waals surface area contributed by atoms with Crippen molar-refractivity contribution in [2.45, 2.75) is 46.1 Å². The van der Waals surface area contributed by atoms with Crippen LogP contribution in [0.2, 0.25) is 0 Å². The first kappa shape index (κ1) is 11.3. The molecule has 1 unspecified atom stereocenters. The Bertz CT molecular complexity index is 479. The lowest BCUT2D eigenvalue weighted by molar-refractivity contribution is 0.559. The van der Waals surface area contributed by atoms with Crippen LogP contribution in [0.3, 0.4) is 0 Å². The largest absolute Gasteiger partial charge is 0.342 e. The molecule has 0 radical (unpaired) electrons. The first-order valence-corrected chi connectivity index (χ1v) is 6.25. The Kier molecular flexibility index (Phi) is 3.04. The average Bonchev–Trinajstić information content (AvgIpc) is 2.67. The van der Waals surface area contributed by atoms with E-state index in [-0.39, 0.29) is 0 Å². The van der Waals surface area contributed by atoms with Gasteiger partial charge in [0.2, 0.25) is 0 Å². The Balaban J connectivity index is 2.68. The summed E-state index contributed by atoms with van der Waals surface area (Å²) in [6.45, 7) is 9.09. The zero-order chi connectivity index (χ0) is 11.7. The summed E-state index contributed by atoms with van der Waals surface area (Å²) in [7, 11) is 0. The Morgan fingerprint density at radius 3 is 2.44 bits per heavy atom. The molecular weight excluding hydrogens is 194 g/mol. The molecular formula is C15H21N. The van der Waals surface area contributed by atoms with Crippen LogP contribution < -0.4 is 0 Å². The summed E-state index contributed by atoms with van der Waals surface area (Å²) in [5.74, 6) is 0.634. The summed E-state index contributed by atoms with van der Waals surface area (Å²) in [5.41, 5.74) is 2.84. The van der Waals surface area contributed by atoms with Crippen molar-refractivity contribution in [1.29, 1.82) is 0 Å². The highest BCUT2D eigenvalue weighted by Crippen LogP contribution is 2.30. The highest BCUT2D eigenvalue weighted by atomic mass is 15.0. The second-order valence-corrected chi connectivity index (χ2v) is 4.90. The fraction of sp³-hybridized carbons (Fsp3) is 0.467. The van der Waals surface area contributed by atoms with Gasteiger partial charge in [0.15, 0.2) is 0 Å². The zero-order valence-corrected chi connectivity index (χ0v) is 10.7. The van der Waals surface area contributed by atoms with Gasteiger partial charge < -0.3 is 4.57 Å². The molecule has 1 aromatic carbocycles. The van der Waals surface area contributed by atoms with Gasteiger partial charge in [0.25, 0.3) is 0 Å². The molecule has 0 bridgehead atoms. The van der Waals surface area contributed by atoms with Crippen LogP contribution in [-0.2, 0) is 0 Å². The topological polar surface area (TPSA) is 4.93 Å². The number of hydrogen-bond acceptors (Lipinski definition) is 0. The monoisotopic (exact) mass is 215 g/mol. The number of para-hydroxylation sites is 1. The van der Waals surface area contributed by atoms with E-state index >= 15 is 0 Å². The van der Waals surface area contributed by atoms with Crippen LogP contribution >= 0.6 is 0 Å². The minimum Gasteiger partial charge on any atom is -0.342 e. The van der Waals surface area contributed by atoms with Gasteiger partial charge in [-0.15, -0.1) is 0 Å². The van der Waals surface area contributed by atoms with E-state index in [1.165, 1.54) is 23.0 Å². The number of rotatable bonds is 3. The lowest BCUT2D eigenvalue weighted by Gasteiger charge is -2.18. The molecule has 0 fully saturated rings. The predicted molar refractivity (Wildman–Crippen MR) is 71.0 cm³/mol. The van der Waals surface area contributed by atoms with Crippen molar-refractivity contribution in [2.75, 3.05) is 0 Å². The highest BCUT2D eigenvalue weighted by Gasteiger charge is 2.14. The molecule has 0 spiro atoms. The lowest BCUT2D eigenvalue weighted by Crippen LogP contribution is -2.07. The van der Waals surface area contributed by atoms with Crippen LogP contribution in [0.25, 0.3) is 10.9 Å². The molecule has 0 aliphatic carbocycles. The van der Waals surface area contributed by atoms with Gasteiger partial charge in [-0.2, -0.15) is 0 Å². The molecule has 0 amide bonds. The van der Waals surface area contributed by atoms with Crippen LogP contribution in [0.15, 0.2) is 30.3 Å². The Labute approximate surface area is 98.1 Å². The molecule has 0 N–H and O–H groups in total. The van der Waals surface area contributed by atoms with Crippen LogP contribution in [0.4, 0.5) is 0 Å². The van der Waals surface area contributed by atoms with Crippen molar-refractivity contribution in [2.24, 2.45) is 0 Å². The highest BCUT2D eigenvalue weighted by molar-refractivity contribution is 5.81. The number of nitrogens with zero attached hydrogens (tertiary/aromatic N) is 1. The Hall–Kier alpha value is -1.24. The van der Waals surface area contributed by atoms with Crippen molar-refractivity contribution in [3.8, 4) is 0 Å². The first-order valence-electron chi connectivity index (χ1n) is 6.25. The lowest BCUT2D eigenvalue weighted by atomic mass is 10.0. The number of fused-ring (bicyclic) bond motifs is 1. The molecule has 1 atom stereocenters. The van der Waals surface area contributed by atoms with E-state index in [9.17, 15) is 0 Å². The quantitative estimate of drug-likeness (QED) is 0.697. The van der Waals surface area contributed by atoms with Gasteiger partial charge in [-0.1, -0.05) is 32.0 Å². The van der Waals surface area contributed by atoms with Gasteiger partial charge in [0.05, 0.1) is 0 Å². The summed E-state index contributed by atoms with van der Waals surface area (Å²) in [4.78, 5) is 0. The molecule has 0 aliphatic rings. The van der Waals surface area contributed by atoms with Crippen molar-refractivity contribution < 1.29 is 0 Å². The van der Waals surface area contributed by atoms with E-state index in [1.54, 1.807) is 0 Å². The van der Waals surface area contributed by atoms with E-state index < -0.39 is 0 Å². The molecule has 16 heavy (non-hydrogen) atoms. The van der Waals surface area contributed by atoms with Crippen molar-refractivity contribution in [3.05, 3.63) is 36.0 Å². The molecule has 1 nitrogen and oxygen atoms in total. The Morgan fingerprint density at radius 2 is 1.81 bits per heavy atom. The predicted octanol–water partition coefficient (Wildman–Crippen LogP) is 4.74. The molecule has 0 aliphatic heterocycles. The number of benzene rings is 1. The second-order valence-electron chi connectivity index (χ2n) is 4.90. The molecule has 1 aromatic heterocycles. The standard InChI is InChI=1S/C15H21N/c1-5-12(4)15-10-13-8-6-7-9-14(13)16(15)11(2)3/h6-12H,5H2,1-4H3. The third-order valence-electron chi connectivity index (χ3n) is 3.41. The third kappa shape index (κ3) is 1.75. The van der Waals surface area contributed by atoms with Gasteiger partial charge in [0.1, 0.15) is 0 Å². The first-order chi connectivity index (χ1) is 7.65. The van der Waals surface area contributed by atoms with E-state index in [4.69, 9.17) is 0 Å². The smallest absolute Gasteiger partial charge is 0.0485 e. The minimum absolute atomic E-state index is 0.531. The minimum atomic E-state index is 0.531. The number of aromatic nitrogens is 1. The van der Waals surface area contributed by atoms with Crippen molar-refractivity contribution >= 4 is 10.9 Å². The van der Waals surface area contributed by atoms with Crippen LogP contribution in [0.1, 0.15) is 51.8 Å². The average molecular weight is 215 g/mol. The van der Waals surface area contributed by atoms with E-state index in [0.717, 1.165) is 0 Å². The number of hydrogen-bond donors (Lipinski definition) is 0. The summed E-state index contributed by atoms with van der Waals surface area (Å²) in [5, 5.41) is 1.37. The van der Waals surface area contributed by atoms with Crippen LogP contribution in [-0.4, -0.2) is 4.57 Å². The van der Waals surface area contributed by atoms with E-state index in [0.29, 0.717) is 12.0 Å². The molecule has 0 saturated heterocycles. The fourth-order valence-electron chi connectivity index (χ4n) is 2.36. The summed E-state index contributed by atoms with van der Waals surface area (Å²) in [6, 6.07) is 11.6. The molecule has 1 heteroatoms. The van der Waals surface area contributed by atoms with Gasteiger partial charge in [-0.05, 0) is 43.7 Å². The molecule has 0 saturated carbocycles. The van der Waals surface area contributed by atoms with Gasteiger partial charge in [0, 0.05) is 17.3 Å². The summed E-state index contributed by atoms with van der Waals surface area (Å²) < 4.78 is 2.48. The molecule has 1 heterocycles. The maximum Gasteiger partial charge on any atom is 0.0485 e. The van der Waals surface area contributed by atoms with Crippen LogP contribution in [0, 0.1) is 0 Å². The van der Waals surface area contributed by atoms with E-state index in [1.807, 2.05) is 0 Å². The third-order valence-corrected chi connectivity index (χ3v) is 3.41. The maximum atomic E-state index is 2.48. The van der Waals surface area contributed by atoms with E-state index in [2.05, 4.69) is 62.6 Å². The molecule has 86 valence electrons. The SMILES string of the molecule is CCC(C)c1cc2ccccc2n1C(C)C.